The number of fused-ring (bicyclic) bond motifs is 1. The van der Waals surface area contributed by atoms with Crippen LogP contribution in [-0.4, -0.2) is 45.9 Å². The summed E-state index contributed by atoms with van der Waals surface area (Å²) in [7, 11) is 0. The lowest BCUT2D eigenvalue weighted by Gasteiger charge is -2.21. The van der Waals surface area contributed by atoms with Gasteiger partial charge in [0, 0.05) is 26.2 Å². The maximum atomic E-state index is 13.7. The number of halogens is 1. The number of carbonyl (C=O) groups excluding carboxylic acids is 2. The molecule has 6 nitrogen and oxygen atoms in total. The third-order valence-corrected chi connectivity index (χ3v) is 5.21. The molecule has 0 unspecified atom stereocenters. The molecule has 3 rings (SSSR count). The van der Waals surface area contributed by atoms with Crippen LogP contribution >= 0.6 is 0 Å². The zero-order valence-corrected chi connectivity index (χ0v) is 16.5. The summed E-state index contributed by atoms with van der Waals surface area (Å²) in [5.41, 5.74) is 1.71. The molecule has 0 radical (unpaired) electrons. The second kappa shape index (κ2) is 8.99. The van der Waals surface area contributed by atoms with Crippen LogP contribution in [-0.2, 0) is 19.4 Å². The van der Waals surface area contributed by atoms with E-state index in [1.807, 2.05) is 18.4 Å². The Morgan fingerprint density at radius 2 is 1.96 bits per heavy atom. The Labute approximate surface area is 164 Å². The number of nitrogens with zero attached hydrogens (tertiary/aromatic N) is 3. The highest BCUT2D eigenvalue weighted by Crippen LogP contribution is 2.22. The van der Waals surface area contributed by atoms with E-state index in [1.165, 1.54) is 6.07 Å². The Balaban J connectivity index is 1.76. The predicted octanol–water partition coefficient (Wildman–Crippen LogP) is 2.81. The second-order valence-corrected chi connectivity index (χ2v) is 6.91. The molecule has 0 saturated heterocycles. The molecular formula is C21H27FN4O2. The Kier molecular flexibility index (Phi) is 6.44. The monoisotopic (exact) mass is 386 g/mol. The Hall–Kier alpha value is -2.70. The van der Waals surface area contributed by atoms with E-state index in [9.17, 15) is 14.0 Å². The molecule has 2 heterocycles. The van der Waals surface area contributed by atoms with Gasteiger partial charge >= 0.3 is 0 Å². The van der Waals surface area contributed by atoms with Gasteiger partial charge < -0.3 is 14.8 Å². The summed E-state index contributed by atoms with van der Waals surface area (Å²) in [6.45, 7) is 6.07. The molecule has 0 spiro atoms. The molecule has 0 atom stereocenters. The highest BCUT2D eigenvalue weighted by molar-refractivity contribution is 5.97. The first kappa shape index (κ1) is 20.0. The number of hydrogen-bond acceptors (Lipinski definition) is 3. The van der Waals surface area contributed by atoms with Gasteiger partial charge in [-0.3, -0.25) is 9.59 Å². The van der Waals surface area contributed by atoms with E-state index < -0.39 is 0 Å². The minimum absolute atomic E-state index is 0.140. The normalized spacial score (nSPS) is 13.1. The van der Waals surface area contributed by atoms with E-state index in [0.717, 1.165) is 25.0 Å². The first-order valence-corrected chi connectivity index (χ1v) is 9.97. The van der Waals surface area contributed by atoms with Crippen molar-refractivity contribution in [1.29, 1.82) is 0 Å². The third kappa shape index (κ3) is 4.08. The molecule has 1 N–H and O–H groups in total. The molecule has 0 fully saturated rings. The Morgan fingerprint density at radius 3 is 2.68 bits per heavy atom. The highest BCUT2D eigenvalue weighted by Gasteiger charge is 2.28. The average Bonchev–Trinajstić information content (AvgIpc) is 3.10. The fraction of sp³-hybridized carbons (Fsp3) is 0.476. The molecule has 1 aliphatic heterocycles. The number of rotatable bonds is 7. The van der Waals surface area contributed by atoms with Gasteiger partial charge in [0.05, 0.1) is 5.69 Å². The molecule has 2 amide bonds. The molecular weight excluding hydrogens is 359 g/mol. The largest absolute Gasteiger partial charge is 0.350 e. The van der Waals surface area contributed by atoms with Crippen LogP contribution in [0.25, 0.3) is 0 Å². The smallest absolute Gasteiger partial charge is 0.289 e. The molecule has 28 heavy (non-hydrogen) atoms. The fourth-order valence-electron chi connectivity index (χ4n) is 3.64. The van der Waals surface area contributed by atoms with Crippen molar-refractivity contribution < 1.29 is 14.0 Å². The van der Waals surface area contributed by atoms with Gasteiger partial charge in [-0.1, -0.05) is 18.2 Å². The second-order valence-electron chi connectivity index (χ2n) is 6.91. The van der Waals surface area contributed by atoms with Crippen molar-refractivity contribution in [2.24, 2.45) is 0 Å². The lowest BCUT2D eigenvalue weighted by atomic mass is 10.1. The highest BCUT2D eigenvalue weighted by atomic mass is 19.1. The molecule has 2 aromatic rings. The zero-order valence-electron chi connectivity index (χ0n) is 16.5. The number of amides is 2. The van der Waals surface area contributed by atoms with Crippen LogP contribution in [0.15, 0.2) is 24.3 Å². The molecule has 0 saturated carbocycles. The number of benzene rings is 1. The number of hydrogen-bond donors (Lipinski definition) is 1. The van der Waals surface area contributed by atoms with Crippen LogP contribution in [0.2, 0.25) is 0 Å². The van der Waals surface area contributed by atoms with E-state index in [0.29, 0.717) is 49.7 Å². The van der Waals surface area contributed by atoms with Crippen molar-refractivity contribution in [3.05, 3.63) is 52.9 Å². The van der Waals surface area contributed by atoms with Crippen molar-refractivity contribution in [1.82, 2.24) is 19.8 Å². The lowest BCUT2D eigenvalue weighted by molar-refractivity contribution is 0.0754. The minimum atomic E-state index is -0.305. The fourth-order valence-corrected chi connectivity index (χ4v) is 3.64. The number of aromatic nitrogens is 2. The summed E-state index contributed by atoms with van der Waals surface area (Å²) in [5, 5.41) is 2.83. The summed E-state index contributed by atoms with van der Waals surface area (Å²) in [6, 6.07) is 6.54. The summed E-state index contributed by atoms with van der Waals surface area (Å²) in [5.74, 6) is -0.375. The molecule has 7 heteroatoms. The predicted molar refractivity (Wildman–Crippen MR) is 105 cm³/mol. The Bertz CT molecular complexity index is 858. The van der Waals surface area contributed by atoms with E-state index in [2.05, 4.69) is 10.3 Å². The van der Waals surface area contributed by atoms with Crippen molar-refractivity contribution in [2.45, 2.75) is 46.1 Å². The zero-order chi connectivity index (χ0) is 20.1. The standard InChI is InChI=1S/C21H27FN4O2/c1-3-25(4-2)21(28)19-24-18(17-11-7-8-14-26(17)19)20(27)23-13-12-15-9-5-6-10-16(15)22/h5-6,9-10H,3-4,7-8,11-14H2,1-2H3,(H,23,27). The molecule has 0 bridgehead atoms. The number of nitrogens with one attached hydrogen (secondary N) is 1. The van der Waals surface area contributed by atoms with Crippen LogP contribution in [0, 0.1) is 5.82 Å². The van der Waals surface area contributed by atoms with E-state index in [1.54, 1.807) is 23.1 Å². The SMILES string of the molecule is CCN(CC)C(=O)c1nc(C(=O)NCCc2ccccc2F)c2n1CCCC2. The van der Waals surface area contributed by atoms with Crippen molar-refractivity contribution >= 4 is 11.8 Å². The maximum Gasteiger partial charge on any atom is 0.289 e. The molecule has 0 aliphatic carbocycles. The third-order valence-electron chi connectivity index (χ3n) is 5.21. The van der Waals surface area contributed by atoms with Gasteiger partial charge in [-0.05, 0) is 51.2 Å². The van der Waals surface area contributed by atoms with Gasteiger partial charge in [0.2, 0.25) is 0 Å². The first-order valence-electron chi connectivity index (χ1n) is 9.97. The Morgan fingerprint density at radius 1 is 1.21 bits per heavy atom. The summed E-state index contributed by atoms with van der Waals surface area (Å²) in [4.78, 5) is 31.7. The van der Waals surface area contributed by atoms with E-state index in [4.69, 9.17) is 0 Å². The molecule has 1 aliphatic rings. The average molecular weight is 386 g/mol. The van der Waals surface area contributed by atoms with Crippen LogP contribution in [0.4, 0.5) is 4.39 Å². The molecule has 150 valence electrons. The number of carbonyl (C=O) groups is 2. The quantitative estimate of drug-likeness (QED) is 0.796. The lowest BCUT2D eigenvalue weighted by Crippen LogP contribution is -2.33. The summed E-state index contributed by atoms with van der Waals surface area (Å²) >= 11 is 0. The van der Waals surface area contributed by atoms with Gasteiger partial charge in [0.25, 0.3) is 11.8 Å². The van der Waals surface area contributed by atoms with Crippen molar-refractivity contribution in [2.75, 3.05) is 19.6 Å². The van der Waals surface area contributed by atoms with Crippen LogP contribution < -0.4 is 5.32 Å². The topological polar surface area (TPSA) is 67.2 Å². The van der Waals surface area contributed by atoms with Gasteiger partial charge in [0.15, 0.2) is 5.82 Å². The van der Waals surface area contributed by atoms with Crippen LogP contribution in [0.3, 0.4) is 0 Å². The molecule has 1 aromatic carbocycles. The maximum absolute atomic E-state index is 13.7. The van der Waals surface area contributed by atoms with Gasteiger partial charge in [-0.25, -0.2) is 9.37 Å². The molecule has 1 aromatic heterocycles. The van der Waals surface area contributed by atoms with Crippen LogP contribution in [0.1, 0.15) is 59.1 Å². The van der Waals surface area contributed by atoms with E-state index in [-0.39, 0.29) is 17.6 Å². The summed E-state index contributed by atoms with van der Waals surface area (Å²) < 4.78 is 15.6. The van der Waals surface area contributed by atoms with E-state index >= 15 is 0 Å². The van der Waals surface area contributed by atoms with Gasteiger partial charge in [-0.15, -0.1) is 0 Å². The first-order chi connectivity index (χ1) is 13.6. The minimum Gasteiger partial charge on any atom is -0.350 e. The van der Waals surface area contributed by atoms with Gasteiger partial charge in [-0.2, -0.15) is 0 Å². The van der Waals surface area contributed by atoms with Gasteiger partial charge in [0.1, 0.15) is 11.5 Å². The van der Waals surface area contributed by atoms with Crippen molar-refractivity contribution in [3.63, 3.8) is 0 Å². The number of imidazole rings is 1. The summed E-state index contributed by atoms with van der Waals surface area (Å²) in [6.07, 6.45) is 3.07. The van der Waals surface area contributed by atoms with Crippen molar-refractivity contribution in [3.8, 4) is 0 Å². The van der Waals surface area contributed by atoms with Crippen LogP contribution in [0.5, 0.6) is 0 Å².